The number of halogens is 1. The standard InChI is InChI=1S/C13H16BrN3S/c1-17-8-10(7-16-17)5-12(15)9-18-13-4-2-3-11(14)6-13/h2-4,6-8,12H,5,9,15H2,1H3. The van der Waals surface area contributed by atoms with Gasteiger partial charge in [-0.15, -0.1) is 11.8 Å². The summed E-state index contributed by atoms with van der Waals surface area (Å²) >= 11 is 5.26. The largest absolute Gasteiger partial charge is 0.327 e. The third kappa shape index (κ3) is 4.15. The normalized spacial score (nSPS) is 12.6. The lowest BCUT2D eigenvalue weighted by Gasteiger charge is -2.10. The van der Waals surface area contributed by atoms with Gasteiger partial charge in [-0.1, -0.05) is 22.0 Å². The van der Waals surface area contributed by atoms with Crippen LogP contribution in [0.15, 0.2) is 46.0 Å². The number of aryl methyl sites for hydroxylation is 1. The second kappa shape index (κ2) is 6.41. The molecular weight excluding hydrogens is 310 g/mol. The van der Waals surface area contributed by atoms with Crippen molar-refractivity contribution in [2.75, 3.05) is 5.75 Å². The number of rotatable bonds is 5. The van der Waals surface area contributed by atoms with Crippen molar-refractivity contribution in [1.82, 2.24) is 9.78 Å². The van der Waals surface area contributed by atoms with Gasteiger partial charge in [0, 0.05) is 34.4 Å². The first kappa shape index (κ1) is 13.6. The molecule has 3 nitrogen and oxygen atoms in total. The van der Waals surface area contributed by atoms with Crippen LogP contribution in [0, 0.1) is 0 Å². The molecule has 1 aromatic heterocycles. The molecule has 1 atom stereocenters. The van der Waals surface area contributed by atoms with E-state index in [0.29, 0.717) is 0 Å². The number of nitrogens with two attached hydrogens (primary N) is 1. The molecule has 0 fully saturated rings. The molecule has 18 heavy (non-hydrogen) atoms. The van der Waals surface area contributed by atoms with E-state index in [0.717, 1.165) is 16.6 Å². The Morgan fingerprint density at radius 1 is 1.50 bits per heavy atom. The average Bonchev–Trinajstić information content (AvgIpc) is 2.72. The van der Waals surface area contributed by atoms with Crippen molar-refractivity contribution in [1.29, 1.82) is 0 Å². The summed E-state index contributed by atoms with van der Waals surface area (Å²) in [6, 6.07) is 8.44. The Hall–Kier alpha value is -0.780. The predicted octanol–water partition coefficient (Wildman–Crippen LogP) is 2.84. The smallest absolute Gasteiger partial charge is 0.0522 e. The minimum absolute atomic E-state index is 0.151. The van der Waals surface area contributed by atoms with Crippen molar-refractivity contribution in [3.05, 3.63) is 46.7 Å². The first-order valence-corrected chi connectivity index (χ1v) is 7.53. The van der Waals surface area contributed by atoms with Crippen LogP contribution in [-0.2, 0) is 13.5 Å². The third-order valence-electron chi connectivity index (χ3n) is 2.52. The fourth-order valence-electron chi connectivity index (χ4n) is 1.70. The quantitative estimate of drug-likeness (QED) is 0.860. The van der Waals surface area contributed by atoms with E-state index in [1.807, 2.05) is 36.3 Å². The molecule has 5 heteroatoms. The van der Waals surface area contributed by atoms with Crippen molar-refractivity contribution in [2.24, 2.45) is 12.8 Å². The lowest BCUT2D eigenvalue weighted by Crippen LogP contribution is -2.25. The summed E-state index contributed by atoms with van der Waals surface area (Å²) < 4.78 is 2.91. The fraction of sp³-hybridized carbons (Fsp3) is 0.308. The molecule has 0 bridgehead atoms. The molecule has 1 aromatic carbocycles. The summed E-state index contributed by atoms with van der Waals surface area (Å²) in [4.78, 5) is 1.24. The van der Waals surface area contributed by atoms with E-state index in [4.69, 9.17) is 5.73 Å². The summed E-state index contributed by atoms with van der Waals surface area (Å²) in [5, 5.41) is 4.15. The lowest BCUT2D eigenvalue weighted by molar-refractivity contribution is 0.743. The van der Waals surface area contributed by atoms with Gasteiger partial charge in [0.25, 0.3) is 0 Å². The SMILES string of the molecule is Cn1cc(CC(N)CSc2cccc(Br)c2)cn1. The summed E-state index contributed by atoms with van der Waals surface area (Å²) in [7, 11) is 1.92. The second-order valence-electron chi connectivity index (χ2n) is 4.25. The Balaban J connectivity index is 1.83. The molecular formula is C13H16BrN3S. The molecule has 0 radical (unpaired) electrons. The second-order valence-corrected chi connectivity index (χ2v) is 6.26. The number of benzene rings is 1. The number of nitrogens with zero attached hydrogens (tertiary/aromatic N) is 2. The van der Waals surface area contributed by atoms with Crippen molar-refractivity contribution in [3.63, 3.8) is 0 Å². The summed E-state index contributed by atoms with van der Waals surface area (Å²) in [5.74, 6) is 0.908. The number of hydrogen-bond acceptors (Lipinski definition) is 3. The Morgan fingerprint density at radius 3 is 3.00 bits per heavy atom. The van der Waals surface area contributed by atoms with Gasteiger partial charge < -0.3 is 5.73 Å². The molecule has 0 aliphatic carbocycles. The molecule has 1 heterocycles. The molecule has 0 aliphatic heterocycles. The van der Waals surface area contributed by atoms with E-state index in [1.54, 1.807) is 11.8 Å². The monoisotopic (exact) mass is 325 g/mol. The molecule has 2 aromatic rings. The van der Waals surface area contributed by atoms with Gasteiger partial charge in [0.1, 0.15) is 0 Å². The van der Waals surface area contributed by atoms with Gasteiger partial charge in [-0.05, 0) is 30.2 Å². The molecule has 96 valence electrons. The minimum atomic E-state index is 0.151. The van der Waals surface area contributed by atoms with Crippen molar-refractivity contribution >= 4 is 27.7 Å². The molecule has 2 N–H and O–H groups in total. The first-order chi connectivity index (χ1) is 8.63. The van der Waals surface area contributed by atoms with Crippen LogP contribution in [0.3, 0.4) is 0 Å². The highest BCUT2D eigenvalue weighted by Gasteiger charge is 2.06. The van der Waals surface area contributed by atoms with Crippen LogP contribution in [0.4, 0.5) is 0 Å². The maximum atomic E-state index is 6.13. The van der Waals surface area contributed by atoms with Crippen LogP contribution in [0.1, 0.15) is 5.56 Å². The van der Waals surface area contributed by atoms with E-state index < -0.39 is 0 Å². The number of thioether (sulfide) groups is 1. The van der Waals surface area contributed by atoms with Gasteiger partial charge in [0.15, 0.2) is 0 Å². The summed E-state index contributed by atoms with van der Waals surface area (Å²) in [6.07, 6.45) is 4.77. The Morgan fingerprint density at radius 2 is 2.33 bits per heavy atom. The maximum Gasteiger partial charge on any atom is 0.0522 e. The molecule has 0 saturated carbocycles. The highest BCUT2D eigenvalue weighted by molar-refractivity contribution is 9.10. The zero-order valence-corrected chi connectivity index (χ0v) is 12.6. The van der Waals surface area contributed by atoms with Crippen LogP contribution < -0.4 is 5.73 Å². The number of hydrogen-bond donors (Lipinski definition) is 1. The van der Waals surface area contributed by atoms with Gasteiger partial charge in [0.2, 0.25) is 0 Å². The molecule has 0 spiro atoms. The molecule has 0 aliphatic rings. The number of aromatic nitrogens is 2. The van der Waals surface area contributed by atoms with E-state index in [2.05, 4.69) is 33.2 Å². The van der Waals surface area contributed by atoms with Crippen molar-refractivity contribution < 1.29 is 0 Å². The van der Waals surface area contributed by atoms with E-state index in [-0.39, 0.29) is 6.04 Å². The molecule has 1 unspecified atom stereocenters. The summed E-state index contributed by atoms with van der Waals surface area (Å²) in [5.41, 5.74) is 7.33. The van der Waals surface area contributed by atoms with E-state index in [1.165, 1.54) is 10.5 Å². The fourth-order valence-corrected chi connectivity index (χ4v) is 3.16. The van der Waals surface area contributed by atoms with Gasteiger partial charge in [-0.25, -0.2) is 0 Å². The maximum absolute atomic E-state index is 6.13. The Bertz CT molecular complexity index is 512. The van der Waals surface area contributed by atoms with Crippen LogP contribution in [0.2, 0.25) is 0 Å². The van der Waals surface area contributed by atoms with Crippen LogP contribution >= 0.6 is 27.7 Å². The lowest BCUT2D eigenvalue weighted by atomic mass is 10.1. The van der Waals surface area contributed by atoms with Crippen molar-refractivity contribution in [3.8, 4) is 0 Å². The minimum Gasteiger partial charge on any atom is -0.327 e. The topological polar surface area (TPSA) is 43.8 Å². The highest BCUT2D eigenvalue weighted by Crippen LogP contribution is 2.22. The first-order valence-electron chi connectivity index (χ1n) is 5.75. The third-order valence-corrected chi connectivity index (χ3v) is 4.19. The predicted molar refractivity (Wildman–Crippen MR) is 79.8 cm³/mol. The van der Waals surface area contributed by atoms with Gasteiger partial charge in [-0.2, -0.15) is 5.10 Å². The van der Waals surface area contributed by atoms with Crippen LogP contribution in [-0.4, -0.2) is 21.6 Å². The van der Waals surface area contributed by atoms with Gasteiger partial charge >= 0.3 is 0 Å². The Labute approximate surface area is 120 Å². The highest BCUT2D eigenvalue weighted by atomic mass is 79.9. The average molecular weight is 326 g/mol. The van der Waals surface area contributed by atoms with Crippen LogP contribution in [0.5, 0.6) is 0 Å². The summed E-state index contributed by atoms with van der Waals surface area (Å²) in [6.45, 7) is 0. The van der Waals surface area contributed by atoms with Gasteiger partial charge in [0.05, 0.1) is 6.20 Å². The van der Waals surface area contributed by atoms with Crippen LogP contribution in [0.25, 0.3) is 0 Å². The van der Waals surface area contributed by atoms with E-state index >= 15 is 0 Å². The molecule has 0 amide bonds. The van der Waals surface area contributed by atoms with E-state index in [9.17, 15) is 0 Å². The Kier molecular flexibility index (Phi) is 4.86. The molecule has 2 rings (SSSR count). The molecule has 0 saturated heterocycles. The van der Waals surface area contributed by atoms with Crippen molar-refractivity contribution in [2.45, 2.75) is 17.4 Å². The zero-order valence-electron chi connectivity index (χ0n) is 10.2. The van der Waals surface area contributed by atoms with Gasteiger partial charge in [-0.3, -0.25) is 4.68 Å². The zero-order chi connectivity index (χ0) is 13.0.